The topological polar surface area (TPSA) is 92.7 Å². The van der Waals surface area contributed by atoms with Crippen LogP contribution in [0.1, 0.15) is 13.3 Å². The van der Waals surface area contributed by atoms with Crippen LogP contribution >= 0.6 is 0 Å². The molecule has 0 atom stereocenters. The average molecular weight is 214 g/mol. The highest BCUT2D eigenvalue weighted by Crippen LogP contribution is 2.22. The summed E-state index contributed by atoms with van der Waals surface area (Å²) >= 11 is 0. The minimum atomic E-state index is -0.761. The van der Waals surface area contributed by atoms with Crippen LogP contribution in [0.15, 0.2) is 11.5 Å². The van der Waals surface area contributed by atoms with Gasteiger partial charge in [0.15, 0.2) is 12.4 Å². The van der Waals surface area contributed by atoms with Gasteiger partial charge in [-0.3, -0.25) is 4.79 Å². The van der Waals surface area contributed by atoms with Gasteiger partial charge in [0, 0.05) is 7.05 Å². The summed E-state index contributed by atoms with van der Waals surface area (Å²) in [6, 6.07) is 0. The van der Waals surface area contributed by atoms with Gasteiger partial charge in [-0.25, -0.2) is 4.90 Å². The minimum absolute atomic E-state index is 0.0200. The van der Waals surface area contributed by atoms with Crippen molar-refractivity contribution < 1.29 is 9.72 Å². The van der Waals surface area contributed by atoms with Crippen LogP contribution in [-0.4, -0.2) is 40.9 Å². The Hall–Kier alpha value is -1.79. The van der Waals surface area contributed by atoms with Crippen LogP contribution in [0.5, 0.6) is 0 Å². The number of rotatable bonds is 4. The normalized spacial score (nSPS) is 16.1. The molecule has 2 N–H and O–H groups in total. The molecule has 1 aliphatic rings. The Morgan fingerprint density at radius 2 is 2.27 bits per heavy atom. The van der Waals surface area contributed by atoms with E-state index in [-0.39, 0.29) is 11.5 Å². The highest BCUT2D eigenvalue weighted by atomic mass is 16.6. The van der Waals surface area contributed by atoms with Gasteiger partial charge < -0.3 is 20.7 Å². The number of primary amides is 1. The molecule has 84 valence electrons. The summed E-state index contributed by atoms with van der Waals surface area (Å²) in [5, 5.41) is 10.8. The number of carbonyl (C=O) groups is 1. The van der Waals surface area contributed by atoms with Crippen LogP contribution in [0.25, 0.3) is 0 Å². The molecule has 1 heterocycles. The predicted octanol–water partition coefficient (Wildman–Crippen LogP) is -0.468. The van der Waals surface area contributed by atoms with Gasteiger partial charge in [-0.2, -0.15) is 0 Å². The van der Waals surface area contributed by atoms with E-state index in [0.717, 1.165) is 6.42 Å². The maximum Gasteiger partial charge on any atom is 0.349 e. The zero-order valence-electron chi connectivity index (χ0n) is 8.77. The van der Waals surface area contributed by atoms with Crippen molar-refractivity contribution in [3.05, 3.63) is 21.6 Å². The third-order valence-electron chi connectivity index (χ3n) is 2.18. The third-order valence-corrected chi connectivity index (χ3v) is 2.18. The van der Waals surface area contributed by atoms with Gasteiger partial charge in [-0.15, -0.1) is 0 Å². The molecule has 0 aliphatic carbocycles. The molecule has 7 nitrogen and oxygen atoms in total. The fourth-order valence-electron chi connectivity index (χ4n) is 1.66. The summed E-state index contributed by atoms with van der Waals surface area (Å²) in [5.41, 5.74) is 5.09. The molecule has 0 aromatic heterocycles. The number of nitro groups is 1. The van der Waals surface area contributed by atoms with Crippen molar-refractivity contribution in [2.24, 2.45) is 5.73 Å². The molecular weight excluding hydrogens is 200 g/mol. The molecule has 0 aromatic rings. The summed E-state index contributed by atoms with van der Waals surface area (Å²) in [7, 11) is 1.61. The van der Waals surface area contributed by atoms with E-state index < -0.39 is 10.8 Å². The first-order valence-corrected chi connectivity index (χ1v) is 4.63. The lowest BCUT2D eigenvalue weighted by atomic mass is 10.4. The molecule has 7 heteroatoms. The van der Waals surface area contributed by atoms with Crippen molar-refractivity contribution >= 4 is 5.91 Å². The summed E-state index contributed by atoms with van der Waals surface area (Å²) < 4.78 is 0. The van der Waals surface area contributed by atoms with Crippen molar-refractivity contribution in [2.75, 3.05) is 20.3 Å². The lowest BCUT2D eigenvalue weighted by Gasteiger charge is -2.13. The van der Waals surface area contributed by atoms with E-state index in [9.17, 15) is 14.9 Å². The van der Waals surface area contributed by atoms with Gasteiger partial charge in [0.25, 0.3) is 5.91 Å². The molecule has 0 bridgehead atoms. The lowest BCUT2D eigenvalue weighted by molar-refractivity contribution is -0.445. The van der Waals surface area contributed by atoms with Gasteiger partial charge in [0.2, 0.25) is 0 Å². The lowest BCUT2D eigenvalue weighted by Crippen LogP contribution is -2.28. The van der Waals surface area contributed by atoms with Crippen LogP contribution < -0.4 is 5.73 Å². The van der Waals surface area contributed by atoms with E-state index in [0.29, 0.717) is 13.2 Å². The molecule has 1 aliphatic heterocycles. The Morgan fingerprint density at radius 3 is 2.67 bits per heavy atom. The zero-order chi connectivity index (χ0) is 11.6. The molecule has 15 heavy (non-hydrogen) atoms. The van der Waals surface area contributed by atoms with Crippen molar-refractivity contribution in [1.29, 1.82) is 0 Å². The zero-order valence-corrected chi connectivity index (χ0v) is 8.77. The van der Waals surface area contributed by atoms with Crippen LogP contribution in [0, 0.1) is 10.1 Å². The molecule has 0 aromatic carbocycles. The number of hydrogen-bond acceptors (Lipinski definition) is 5. The molecule has 1 amide bonds. The number of nitrogens with two attached hydrogens (primary N) is 1. The van der Waals surface area contributed by atoms with Crippen molar-refractivity contribution in [1.82, 2.24) is 9.80 Å². The first-order valence-electron chi connectivity index (χ1n) is 4.63. The Morgan fingerprint density at radius 1 is 1.67 bits per heavy atom. The largest absolute Gasteiger partial charge is 0.364 e. The molecular formula is C8H14N4O3. The number of carbonyl (C=O) groups excluding carboxylic acids is 1. The second-order valence-electron chi connectivity index (χ2n) is 3.40. The Labute approximate surface area is 87.3 Å². The van der Waals surface area contributed by atoms with E-state index in [1.54, 1.807) is 11.9 Å². The van der Waals surface area contributed by atoms with Crippen LogP contribution in [0.4, 0.5) is 0 Å². The molecule has 0 saturated carbocycles. The number of hydrogen-bond donors (Lipinski definition) is 1. The van der Waals surface area contributed by atoms with E-state index in [1.165, 1.54) is 4.90 Å². The molecule has 0 spiro atoms. The molecule has 0 radical (unpaired) electrons. The predicted molar refractivity (Wildman–Crippen MR) is 52.8 cm³/mol. The standard InChI is InChI=1S/C8H14N4O3/c1-3-4-11-5-10(2)6(7(9)13)8(11)12(14)15/h3-5H2,1-2H3,(H2,9,13). The Bertz CT molecular complexity index is 326. The summed E-state index contributed by atoms with van der Waals surface area (Å²) in [6.45, 7) is 2.79. The fourth-order valence-corrected chi connectivity index (χ4v) is 1.66. The van der Waals surface area contributed by atoms with E-state index >= 15 is 0 Å². The maximum absolute atomic E-state index is 11.1. The van der Waals surface area contributed by atoms with Gasteiger partial charge >= 0.3 is 5.82 Å². The van der Waals surface area contributed by atoms with Crippen LogP contribution in [-0.2, 0) is 4.79 Å². The summed E-state index contributed by atoms with van der Waals surface area (Å²) in [4.78, 5) is 24.4. The van der Waals surface area contributed by atoms with Gasteiger partial charge in [0.1, 0.15) is 0 Å². The van der Waals surface area contributed by atoms with Crippen molar-refractivity contribution in [2.45, 2.75) is 13.3 Å². The van der Waals surface area contributed by atoms with Crippen molar-refractivity contribution in [3.63, 3.8) is 0 Å². The monoisotopic (exact) mass is 214 g/mol. The second kappa shape index (κ2) is 4.16. The van der Waals surface area contributed by atoms with E-state index in [4.69, 9.17) is 5.73 Å². The number of amides is 1. The summed E-state index contributed by atoms with van der Waals surface area (Å²) in [5.74, 6) is -0.949. The van der Waals surface area contributed by atoms with Gasteiger partial charge in [-0.1, -0.05) is 6.92 Å². The minimum Gasteiger partial charge on any atom is -0.364 e. The van der Waals surface area contributed by atoms with Gasteiger partial charge in [0.05, 0.1) is 6.54 Å². The van der Waals surface area contributed by atoms with Crippen LogP contribution in [0.3, 0.4) is 0 Å². The van der Waals surface area contributed by atoms with E-state index in [2.05, 4.69) is 0 Å². The third kappa shape index (κ3) is 2.00. The summed E-state index contributed by atoms with van der Waals surface area (Å²) in [6.07, 6.45) is 0.775. The highest BCUT2D eigenvalue weighted by Gasteiger charge is 2.38. The maximum atomic E-state index is 11.1. The molecule has 0 unspecified atom stereocenters. The number of likely N-dealkylation sites (N-methyl/N-ethyl adjacent to an activating group) is 1. The molecule has 0 saturated heterocycles. The fraction of sp³-hybridized carbons (Fsp3) is 0.625. The SMILES string of the molecule is CCCN1CN(C)C(C(N)=O)=C1[N+](=O)[O-]. The average Bonchev–Trinajstić information content (AvgIpc) is 2.42. The van der Waals surface area contributed by atoms with Gasteiger partial charge in [-0.05, 0) is 11.3 Å². The first kappa shape index (κ1) is 11.3. The second-order valence-corrected chi connectivity index (χ2v) is 3.40. The smallest absolute Gasteiger partial charge is 0.349 e. The molecule has 0 fully saturated rings. The Kier molecular flexibility index (Phi) is 3.13. The number of nitrogens with zero attached hydrogens (tertiary/aromatic N) is 3. The van der Waals surface area contributed by atoms with Crippen molar-refractivity contribution in [3.8, 4) is 0 Å². The first-order chi connectivity index (χ1) is 6.99. The Balaban J connectivity index is 3.09. The molecule has 1 rings (SSSR count). The van der Waals surface area contributed by atoms with E-state index in [1.807, 2.05) is 6.92 Å². The van der Waals surface area contributed by atoms with Crippen LogP contribution in [0.2, 0.25) is 0 Å². The highest BCUT2D eigenvalue weighted by molar-refractivity contribution is 5.92. The quantitative estimate of drug-likeness (QED) is 0.504.